The molecule has 2 rings (SSSR count). The van der Waals surface area contributed by atoms with Gasteiger partial charge in [0.05, 0.1) is 12.4 Å². The Morgan fingerprint density at radius 2 is 1.03 bits per heavy atom. The van der Waals surface area contributed by atoms with Crippen LogP contribution in [0.5, 0.6) is 11.8 Å². The van der Waals surface area contributed by atoms with E-state index in [1.807, 2.05) is 37.4 Å². The predicted octanol–water partition coefficient (Wildman–Crippen LogP) is 5.23. The third-order valence-electron chi connectivity index (χ3n) is 6.76. The van der Waals surface area contributed by atoms with Crippen molar-refractivity contribution in [3.05, 3.63) is 33.4 Å². The summed E-state index contributed by atoms with van der Waals surface area (Å²) in [5, 5.41) is 20.2. The van der Waals surface area contributed by atoms with Crippen molar-refractivity contribution in [1.82, 2.24) is 18.3 Å². The van der Waals surface area contributed by atoms with E-state index in [0.717, 1.165) is 48.7 Å². The molecule has 2 N–H and O–H groups in total. The lowest BCUT2D eigenvalue weighted by Gasteiger charge is -2.25. The van der Waals surface area contributed by atoms with Crippen LogP contribution < -0.4 is 11.4 Å². The summed E-state index contributed by atoms with van der Waals surface area (Å²) in [6.45, 7) is 14.6. The van der Waals surface area contributed by atoms with Gasteiger partial charge in [-0.2, -0.15) is 23.5 Å². The van der Waals surface area contributed by atoms with Gasteiger partial charge in [-0.1, -0.05) is 27.7 Å². The average molecular weight is 557 g/mol. The van der Waals surface area contributed by atoms with E-state index in [1.54, 1.807) is 9.13 Å². The molecule has 0 saturated heterocycles. The molecular weight excluding hydrogens is 508 g/mol. The molecule has 2 aromatic rings. The summed E-state index contributed by atoms with van der Waals surface area (Å²) in [7, 11) is 0. The molecule has 2 aromatic heterocycles. The minimum Gasteiger partial charge on any atom is -0.493 e. The van der Waals surface area contributed by atoms with E-state index in [1.165, 1.54) is 27.9 Å². The molecular formula is C27H48N4O4S2. The summed E-state index contributed by atoms with van der Waals surface area (Å²) in [6, 6.07) is 0. The van der Waals surface area contributed by atoms with Crippen LogP contribution in [0.1, 0.15) is 73.6 Å². The SMILES string of the molecule is CCn1cc(O)n(CC(C)(C)CCCSCCCSCCCC(C)(C)Cn2c(O)cn(CC)c2=O)c1=O. The molecule has 10 heteroatoms. The topological polar surface area (TPSA) is 94.3 Å². The molecule has 0 aliphatic heterocycles. The van der Waals surface area contributed by atoms with Gasteiger partial charge < -0.3 is 10.2 Å². The molecule has 0 saturated carbocycles. The van der Waals surface area contributed by atoms with Gasteiger partial charge in [0, 0.05) is 26.2 Å². The Hall–Kier alpha value is -1.68. The number of imidazole rings is 2. The molecule has 37 heavy (non-hydrogen) atoms. The lowest BCUT2D eigenvalue weighted by molar-refractivity contribution is 0.259. The lowest BCUT2D eigenvalue weighted by atomic mass is 9.88. The number of nitrogens with zero attached hydrogens (tertiary/aromatic N) is 4. The molecule has 0 atom stereocenters. The largest absolute Gasteiger partial charge is 0.493 e. The van der Waals surface area contributed by atoms with Crippen LogP contribution in [0.3, 0.4) is 0 Å². The molecule has 0 aliphatic rings. The maximum Gasteiger partial charge on any atom is 0.331 e. The van der Waals surface area contributed by atoms with Gasteiger partial charge in [-0.25, -0.2) is 9.59 Å². The van der Waals surface area contributed by atoms with Crippen molar-refractivity contribution in [2.45, 2.75) is 99.8 Å². The summed E-state index contributed by atoms with van der Waals surface area (Å²) in [5.41, 5.74) is -0.356. The molecule has 0 aliphatic carbocycles. The minimum atomic E-state index is -0.134. The van der Waals surface area contributed by atoms with Crippen LogP contribution in [0.25, 0.3) is 0 Å². The second-order valence-corrected chi connectivity index (χ2v) is 13.8. The first-order valence-electron chi connectivity index (χ1n) is 13.5. The number of rotatable bonds is 18. The second kappa shape index (κ2) is 14.5. The van der Waals surface area contributed by atoms with Crippen molar-refractivity contribution in [3.8, 4) is 11.8 Å². The standard InChI is InChI=1S/C27H48N4O4S2/c1-7-28-18-22(32)30(24(28)34)20-26(3,4)12-9-14-36-16-11-17-37-15-10-13-27(5,6)21-31-23(33)19-29(8-2)25(31)35/h18-19,32-33H,7-17,20-21H2,1-6H3. The molecule has 0 unspecified atom stereocenters. The predicted molar refractivity (Wildman–Crippen MR) is 157 cm³/mol. The van der Waals surface area contributed by atoms with Gasteiger partial charge in [-0.3, -0.25) is 18.3 Å². The van der Waals surface area contributed by atoms with Crippen molar-refractivity contribution >= 4 is 23.5 Å². The molecule has 0 radical (unpaired) electrons. The van der Waals surface area contributed by atoms with Crippen molar-refractivity contribution in [1.29, 1.82) is 0 Å². The highest BCUT2D eigenvalue weighted by Crippen LogP contribution is 2.28. The molecule has 0 bridgehead atoms. The van der Waals surface area contributed by atoms with Crippen molar-refractivity contribution in [2.75, 3.05) is 23.0 Å². The van der Waals surface area contributed by atoms with E-state index in [9.17, 15) is 19.8 Å². The highest BCUT2D eigenvalue weighted by atomic mass is 32.2. The van der Waals surface area contributed by atoms with Gasteiger partial charge in [0.2, 0.25) is 11.8 Å². The first-order valence-corrected chi connectivity index (χ1v) is 15.8. The molecule has 8 nitrogen and oxygen atoms in total. The number of aromatic hydroxyl groups is 2. The van der Waals surface area contributed by atoms with Crippen LogP contribution >= 0.6 is 23.5 Å². The highest BCUT2D eigenvalue weighted by molar-refractivity contribution is 8.00. The quantitative estimate of drug-likeness (QED) is 0.244. The highest BCUT2D eigenvalue weighted by Gasteiger charge is 2.23. The van der Waals surface area contributed by atoms with Crippen LogP contribution in [-0.2, 0) is 26.2 Å². The van der Waals surface area contributed by atoms with Crippen molar-refractivity contribution in [3.63, 3.8) is 0 Å². The number of aromatic nitrogens is 4. The third kappa shape index (κ3) is 9.85. The van der Waals surface area contributed by atoms with E-state index in [4.69, 9.17) is 0 Å². The summed E-state index contributed by atoms with van der Waals surface area (Å²) >= 11 is 3.99. The van der Waals surface area contributed by atoms with Gasteiger partial charge in [0.1, 0.15) is 0 Å². The van der Waals surface area contributed by atoms with E-state index in [-0.39, 0.29) is 34.0 Å². The summed E-state index contributed by atoms with van der Waals surface area (Å²) < 4.78 is 6.06. The van der Waals surface area contributed by atoms with Gasteiger partial charge in [0.25, 0.3) is 0 Å². The molecule has 2 heterocycles. The van der Waals surface area contributed by atoms with Crippen LogP contribution in [0.15, 0.2) is 22.0 Å². The normalized spacial score (nSPS) is 12.5. The summed E-state index contributed by atoms with van der Waals surface area (Å²) in [4.78, 5) is 24.7. The van der Waals surface area contributed by atoms with Crippen LogP contribution in [0.2, 0.25) is 0 Å². The fraction of sp³-hybridized carbons (Fsp3) is 0.778. The Labute approximate surface area is 230 Å². The third-order valence-corrected chi connectivity index (χ3v) is 9.07. The first kappa shape index (κ1) is 31.5. The zero-order valence-electron chi connectivity index (χ0n) is 23.7. The van der Waals surface area contributed by atoms with Crippen LogP contribution in [0.4, 0.5) is 0 Å². The Kier molecular flexibility index (Phi) is 12.3. The van der Waals surface area contributed by atoms with Gasteiger partial charge in [-0.05, 0) is 79.8 Å². The van der Waals surface area contributed by atoms with Crippen LogP contribution in [0, 0.1) is 10.8 Å². The number of aryl methyl sites for hydroxylation is 2. The van der Waals surface area contributed by atoms with Crippen molar-refractivity contribution < 1.29 is 10.2 Å². The monoisotopic (exact) mass is 556 g/mol. The summed E-state index contributed by atoms with van der Waals surface area (Å²) in [6.07, 6.45) is 8.47. The van der Waals surface area contributed by atoms with Gasteiger partial charge in [-0.15, -0.1) is 0 Å². The first-order chi connectivity index (χ1) is 17.4. The molecule has 0 fully saturated rings. The number of thioether (sulfide) groups is 2. The average Bonchev–Trinajstić information content (AvgIpc) is 3.25. The number of hydrogen-bond donors (Lipinski definition) is 2. The maximum atomic E-state index is 12.3. The van der Waals surface area contributed by atoms with E-state index < -0.39 is 0 Å². The van der Waals surface area contributed by atoms with Crippen molar-refractivity contribution in [2.24, 2.45) is 10.8 Å². The van der Waals surface area contributed by atoms with Crippen LogP contribution in [-0.4, -0.2) is 51.5 Å². The lowest BCUT2D eigenvalue weighted by Crippen LogP contribution is -2.30. The molecule has 212 valence electrons. The van der Waals surface area contributed by atoms with E-state index >= 15 is 0 Å². The Morgan fingerprint density at radius 3 is 1.35 bits per heavy atom. The zero-order valence-corrected chi connectivity index (χ0v) is 25.3. The molecule has 0 amide bonds. The zero-order chi connectivity index (χ0) is 27.6. The minimum absolute atomic E-state index is 0.0437. The smallest absolute Gasteiger partial charge is 0.331 e. The molecule has 0 aromatic carbocycles. The Morgan fingerprint density at radius 1 is 0.676 bits per heavy atom. The van der Waals surface area contributed by atoms with Gasteiger partial charge in [0.15, 0.2) is 0 Å². The summed E-state index contributed by atoms with van der Waals surface area (Å²) in [5.74, 6) is 4.66. The Balaban J connectivity index is 1.54. The second-order valence-electron chi connectivity index (χ2n) is 11.4. The Bertz CT molecular complexity index is 997. The maximum absolute atomic E-state index is 12.3. The van der Waals surface area contributed by atoms with Gasteiger partial charge >= 0.3 is 11.4 Å². The van der Waals surface area contributed by atoms with E-state index in [2.05, 4.69) is 27.7 Å². The fourth-order valence-electron chi connectivity index (χ4n) is 4.57. The fourth-order valence-corrected chi connectivity index (χ4v) is 6.56. The number of hydrogen-bond acceptors (Lipinski definition) is 6. The molecule has 0 spiro atoms. The van der Waals surface area contributed by atoms with E-state index in [0.29, 0.717) is 26.2 Å².